The summed E-state index contributed by atoms with van der Waals surface area (Å²) in [6.45, 7) is 7.29. The van der Waals surface area contributed by atoms with Crippen LogP contribution in [0.3, 0.4) is 0 Å². The first kappa shape index (κ1) is 16.0. The van der Waals surface area contributed by atoms with Crippen molar-refractivity contribution >= 4 is 16.9 Å². The number of aromatic nitrogens is 2. The molecule has 5 heteroatoms. The lowest BCUT2D eigenvalue weighted by molar-refractivity contribution is -0.135. The van der Waals surface area contributed by atoms with Gasteiger partial charge < -0.3 is 14.6 Å². The maximum absolute atomic E-state index is 12.4. The Kier molecular flexibility index (Phi) is 4.15. The van der Waals surface area contributed by atoms with Gasteiger partial charge in [-0.05, 0) is 51.3 Å². The van der Waals surface area contributed by atoms with Gasteiger partial charge in [-0.1, -0.05) is 6.07 Å². The van der Waals surface area contributed by atoms with E-state index in [-0.39, 0.29) is 17.4 Å². The van der Waals surface area contributed by atoms with Crippen molar-refractivity contribution in [2.24, 2.45) is 13.0 Å². The molecule has 0 unspecified atom stereocenters. The fourth-order valence-electron chi connectivity index (χ4n) is 3.26. The number of aryl methyl sites for hydroxylation is 2. The number of hydrogen-bond donors (Lipinski definition) is 1. The summed E-state index contributed by atoms with van der Waals surface area (Å²) in [7, 11) is 2.01. The molecule has 3 rings (SSSR count). The molecule has 1 amide bonds. The summed E-state index contributed by atoms with van der Waals surface area (Å²) in [6, 6.07) is 6.17. The molecule has 1 aromatic heterocycles. The zero-order valence-corrected chi connectivity index (χ0v) is 14.3. The van der Waals surface area contributed by atoms with E-state index in [1.54, 1.807) is 0 Å². The Labute approximate surface area is 137 Å². The number of imidazole rings is 1. The van der Waals surface area contributed by atoms with Crippen molar-refractivity contribution in [3.8, 4) is 0 Å². The molecular formula is C18H25N3O2. The van der Waals surface area contributed by atoms with Gasteiger partial charge in [0, 0.05) is 26.1 Å². The third-order valence-electron chi connectivity index (χ3n) is 4.70. The maximum atomic E-state index is 12.4. The van der Waals surface area contributed by atoms with Crippen LogP contribution in [0.4, 0.5) is 0 Å². The van der Waals surface area contributed by atoms with Crippen LogP contribution in [0.2, 0.25) is 0 Å². The van der Waals surface area contributed by atoms with Gasteiger partial charge in [0.25, 0.3) is 0 Å². The molecule has 1 atom stereocenters. The van der Waals surface area contributed by atoms with Crippen LogP contribution in [-0.2, 0) is 23.1 Å². The van der Waals surface area contributed by atoms with Crippen molar-refractivity contribution in [2.45, 2.75) is 45.8 Å². The second-order valence-corrected chi connectivity index (χ2v) is 7.06. The lowest BCUT2D eigenvalue weighted by Crippen LogP contribution is -2.41. The van der Waals surface area contributed by atoms with Crippen molar-refractivity contribution in [3.05, 3.63) is 29.6 Å². The minimum Gasteiger partial charge on any atom is -0.376 e. The Morgan fingerprint density at radius 2 is 2.26 bits per heavy atom. The van der Waals surface area contributed by atoms with Crippen LogP contribution in [0.15, 0.2) is 18.2 Å². The lowest BCUT2D eigenvalue weighted by atomic mass is 9.88. The molecule has 1 aromatic carbocycles. The van der Waals surface area contributed by atoms with E-state index in [1.165, 1.54) is 0 Å². The van der Waals surface area contributed by atoms with Crippen LogP contribution < -0.4 is 5.32 Å². The van der Waals surface area contributed by atoms with Gasteiger partial charge in [-0.15, -0.1) is 0 Å². The summed E-state index contributed by atoms with van der Waals surface area (Å²) in [5.41, 5.74) is 2.97. The molecule has 1 fully saturated rings. The van der Waals surface area contributed by atoms with Crippen LogP contribution >= 0.6 is 0 Å². The van der Waals surface area contributed by atoms with Gasteiger partial charge >= 0.3 is 0 Å². The van der Waals surface area contributed by atoms with E-state index in [1.807, 2.05) is 27.8 Å². The van der Waals surface area contributed by atoms with Crippen molar-refractivity contribution in [1.29, 1.82) is 0 Å². The van der Waals surface area contributed by atoms with E-state index < -0.39 is 0 Å². The number of benzene rings is 1. The molecule has 0 spiro atoms. The monoisotopic (exact) mass is 315 g/mol. The highest BCUT2D eigenvalue weighted by Gasteiger charge is 2.32. The van der Waals surface area contributed by atoms with Gasteiger partial charge in [-0.25, -0.2) is 4.98 Å². The van der Waals surface area contributed by atoms with Gasteiger partial charge in [0.2, 0.25) is 5.91 Å². The van der Waals surface area contributed by atoms with Gasteiger partial charge in [0.05, 0.1) is 16.6 Å². The molecule has 1 aliphatic heterocycles. The van der Waals surface area contributed by atoms with E-state index in [0.717, 1.165) is 35.3 Å². The predicted octanol–water partition coefficient (Wildman–Crippen LogP) is 2.70. The molecule has 1 N–H and O–H groups in total. The van der Waals surface area contributed by atoms with Gasteiger partial charge in [-0.3, -0.25) is 4.79 Å². The molecule has 5 nitrogen and oxygen atoms in total. The van der Waals surface area contributed by atoms with E-state index in [2.05, 4.69) is 33.1 Å². The number of rotatable bonds is 3. The smallest absolute Gasteiger partial charge is 0.223 e. The zero-order valence-electron chi connectivity index (χ0n) is 14.3. The first-order chi connectivity index (χ1) is 10.9. The fourth-order valence-corrected chi connectivity index (χ4v) is 3.26. The van der Waals surface area contributed by atoms with Crippen LogP contribution in [0.1, 0.15) is 38.1 Å². The fraction of sp³-hybridized carbons (Fsp3) is 0.556. The van der Waals surface area contributed by atoms with Crippen molar-refractivity contribution in [3.63, 3.8) is 0 Å². The second kappa shape index (κ2) is 5.96. The average molecular weight is 315 g/mol. The summed E-state index contributed by atoms with van der Waals surface area (Å²) in [6.07, 6.45) is 1.57. The maximum Gasteiger partial charge on any atom is 0.223 e. The highest BCUT2D eigenvalue weighted by Crippen LogP contribution is 2.28. The molecule has 2 aromatic rings. The number of carbonyl (C=O) groups excluding carboxylic acids is 1. The van der Waals surface area contributed by atoms with Crippen molar-refractivity contribution < 1.29 is 9.53 Å². The van der Waals surface area contributed by atoms with Crippen LogP contribution in [-0.4, -0.2) is 27.7 Å². The molecule has 1 aliphatic rings. The molecule has 1 saturated heterocycles. The average Bonchev–Trinajstić information content (AvgIpc) is 2.78. The van der Waals surface area contributed by atoms with Crippen LogP contribution in [0.25, 0.3) is 11.0 Å². The Morgan fingerprint density at radius 3 is 3.00 bits per heavy atom. The summed E-state index contributed by atoms with van der Waals surface area (Å²) in [4.78, 5) is 16.9. The third-order valence-corrected chi connectivity index (χ3v) is 4.70. The molecule has 0 radical (unpaired) electrons. The first-order valence-corrected chi connectivity index (χ1v) is 8.19. The van der Waals surface area contributed by atoms with Crippen LogP contribution in [0, 0.1) is 12.8 Å². The quantitative estimate of drug-likeness (QED) is 0.947. The molecular weight excluding hydrogens is 290 g/mol. The lowest BCUT2D eigenvalue weighted by Gasteiger charge is -2.34. The third kappa shape index (κ3) is 3.39. The molecule has 124 valence electrons. The SMILES string of the molecule is Cc1nc2cc(CNC(=O)[C@@H]3CCOC(C)(C)C3)ccc2n1C. The number of nitrogens with zero attached hydrogens (tertiary/aromatic N) is 2. The number of fused-ring (bicyclic) bond motifs is 1. The van der Waals surface area contributed by atoms with Gasteiger partial charge in [0.1, 0.15) is 5.82 Å². The minimum absolute atomic E-state index is 0.0413. The van der Waals surface area contributed by atoms with Crippen LogP contribution in [0.5, 0.6) is 0 Å². The molecule has 0 saturated carbocycles. The summed E-state index contributed by atoms with van der Waals surface area (Å²) in [5, 5.41) is 3.06. The minimum atomic E-state index is -0.204. The number of amides is 1. The zero-order chi connectivity index (χ0) is 16.6. The normalized spacial score (nSPS) is 20.6. The molecule has 2 heterocycles. The second-order valence-electron chi connectivity index (χ2n) is 7.06. The molecule has 23 heavy (non-hydrogen) atoms. The Bertz CT molecular complexity index is 733. The van der Waals surface area contributed by atoms with E-state index in [9.17, 15) is 4.79 Å². The van der Waals surface area contributed by atoms with Crippen molar-refractivity contribution in [2.75, 3.05) is 6.61 Å². The standard InChI is InChI=1S/C18H25N3O2/c1-12-20-15-9-13(5-6-16(15)21(12)4)11-19-17(22)14-7-8-23-18(2,3)10-14/h5-6,9,14H,7-8,10-11H2,1-4H3,(H,19,22)/t14-/m1/s1. The highest BCUT2D eigenvalue weighted by molar-refractivity contribution is 5.79. The first-order valence-electron chi connectivity index (χ1n) is 8.19. The number of ether oxygens (including phenoxy) is 1. The summed E-state index contributed by atoms with van der Waals surface area (Å²) in [5.74, 6) is 1.16. The summed E-state index contributed by atoms with van der Waals surface area (Å²) < 4.78 is 7.75. The van der Waals surface area contributed by atoms with Gasteiger partial charge in [-0.2, -0.15) is 0 Å². The summed E-state index contributed by atoms with van der Waals surface area (Å²) >= 11 is 0. The van der Waals surface area contributed by atoms with E-state index in [0.29, 0.717) is 13.2 Å². The number of nitrogens with one attached hydrogen (secondary N) is 1. The van der Waals surface area contributed by atoms with Crippen molar-refractivity contribution in [1.82, 2.24) is 14.9 Å². The topological polar surface area (TPSA) is 56.1 Å². The Balaban J connectivity index is 1.65. The largest absolute Gasteiger partial charge is 0.376 e. The highest BCUT2D eigenvalue weighted by atomic mass is 16.5. The Morgan fingerprint density at radius 1 is 1.48 bits per heavy atom. The number of hydrogen-bond acceptors (Lipinski definition) is 3. The number of carbonyl (C=O) groups is 1. The molecule has 0 bridgehead atoms. The molecule has 0 aliphatic carbocycles. The predicted molar refractivity (Wildman–Crippen MR) is 90.1 cm³/mol. The van der Waals surface area contributed by atoms with E-state index in [4.69, 9.17) is 4.74 Å². The van der Waals surface area contributed by atoms with Gasteiger partial charge in [0.15, 0.2) is 0 Å². The Hall–Kier alpha value is -1.88. The van der Waals surface area contributed by atoms with E-state index >= 15 is 0 Å².